The van der Waals surface area contributed by atoms with E-state index in [-0.39, 0.29) is 22.6 Å². The average molecular weight is 351 g/mol. The summed E-state index contributed by atoms with van der Waals surface area (Å²) in [5.74, 6) is 1.02. The van der Waals surface area contributed by atoms with Crippen LogP contribution in [-0.2, 0) is 9.59 Å². The largest absolute Gasteiger partial charge is 0.339 e. The van der Waals surface area contributed by atoms with Crippen LogP contribution in [0.2, 0.25) is 0 Å². The molecule has 4 nitrogen and oxygen atoms in total. The molecule has 144 valence electrons. The van der Waals surface area contributed by atoms with Crippen LogP contribution in [-0.4, -0.2) is 46.8 Å². The average Bonchev–Trinajstić information content (AvgIpc) is 3.12. The number of carbonyl (C=O) groups excluding carboxylic acids is 2. The van der Waals surface area contributed by atoms with Crippen molar-refractivity contribution in [3.05, 3.63) is 0 Å². The Morgan fingerprint density at radius 1 is 1.04 bits per heavy atom. The minimum absolute atomic E-state index is 0.0978. The van der Waals surface area contributed by atoms with Crippen LogP contribution in [0, 0.1) is 16.7 Å². The lowest BCUT2D eigenvalue weighted by Gasteiger charge is -2.39. The first-order valence-electron chi connectivity index (χ1n) is 10.0. The second-order valence-corrected chi connectivity index (χ2v) is 9.95. The fourth-order valence-electron chi connectivity index (χ4n) is 5.21. The van der Waals surface area contributed by atoms with Crippen LogP contribution in [0.5, 0.6) is 0 Å². The molecule has 2 amide bonds. The van der Waals surface area contributed by atoms with Gasteiger partial charge in [-0.05, 0) is 42.4 Å². The summed E-state index contributed by atoms with van der Waals surface area (Å²) in [6.45, 7) is 16.8. The van der Waals surface area contributed by atoms with Gasteiger partial charge < -0.3 is 9.80 Å². The highest BCUT2D eigenvalue weighted by molar-refractivity contribution is 5.76. The minimum atomic E-state index is 0.0978. The first kappa shape index (κ1) is 20.3. The summed E-state index contributed by atoms with van der Waals surface area (Å²) in [6.07, 6.45) is 4.99. The molecular formula is C21H38N2O2. The van der Waals surface area contributed by atoms with E-state index in [1.54, 1.807) is 6.92 Å². The van der Waals surface area contributed by atoms with E-state index < -0.39 is 0 Å². The zero-order valence-corrected chi connectivity index (χ0v) is 17.4. The van der Waals surface area contributed by atoms with Gasteiger partial charge in [0.25, 0.3) is 0 Å². The van der Waals surface area contributed by atoms with Crippen molar-refractivity contribution in [3.8, 4) is 0 Å². The van der Waals surface area contributed by atoms with Gasteiger partial charge in [-0.15, -0.1) is 0 Å². The van der Waals surface area contributed by atoms with Gasteiger partial charge in [-0.1, -0.05) is 41.5 Å². The number of likely N-dealkylation sites (tertiary alicyclic amines) is 2. The van der Waals surface area contributed by atoms with E-state index in [1.807, 2.05) is 6.92 Å². The summed E-state index contributed by atoms with van der Waals surface area (Å²) >= 11 is 0. The van der Waals surface area contributed by atoms with Gasteiger partial charge in [0.2, 0.25) is 11.8 Å². The molecule has 0 aromatic rings. The second-order valence-electron chi connectivity index (χ2n) is 9.95. The first-order valence-corrected chi connectivity index (χ1v) is 10.0. The quantitative estimate of drug-likeness (QED) is 0.766. The van der Waals surface area contributed by atoms with Gasteiger partial charge in [-0.3, -0.25) is 9.59 Å². The summed E-state index contributed by atoms with van der Waals surface area (Å²) in [4.78, 5) is 28.6. The van der Waals surface area contributed by atoms with Crippen molar-refractivity contribution in [1.82, 2.24) is 9.80 Å². The topological polar surface area (TPSA) is 40.6 Å². The van der Waals surface area contributed by atoms with Crippen LogP contribution >= 0.6 is 0 Å². The molecule has 0 N–H and O–H groups in total. The van der Waals surface area contributed by atoms with Crippen molar-refractivity contribution in [3.63, 3.8) is 0 Å². The third-order valence-corrected chi connectivity index (χ3v) is 6.38. The van der Waals surface area contributed by atoms with E-state index in [4.69, 9.17) is 0 Å². The Morgan fingerprint density at radius 2 is 1.68 bits per heavy atom. The summed E-state index contributed by atoms with van der Waals surface area (Å²) in [7, 11) is 0. The van der Waals surface area contributed by atoms with Gasteiger partial charge in [0.1, 0.15) is 0 Å². The number of nitrogens with zero attached hydrogens (tertiary/aromatic N) is 2. The predicted molar refractivity (Wildman–Crippen MR) is 102 cm³/mol. The molecule has 2 rings (SSSR count). The van der Waals surface area contributed by atoms with Crippen LogP contribution in [0.1, 0.15) is 80.6 Å². The smallest absolute Gasteiger partial charge is 0.222 e. The number of carbonyl (C=O) groups is 2. The Kier molecular flexibility index (Phi) is 5.90. The maximum Gasteiger partial charge on any atom is 0.222 e. The second kappa shape index (κ2) is 7.28. The monoisotopic (exact) mass is 350 g/mol. The number of rotatable bonds is 4. The summed E-state index contributed by atoms with van der Waals surface area (Å²) in [5.41, 5.74) is 0.211. The van der Waals surface area contributed by atoms with E-state index in [0.29, 0.717) is 24.4 Å². The van der Waals surface area contributed by atoms with E-state index in [9.17, 15) is 9.59 Å². The maximum atomic E-state index is 12.5. The molecule has 0 bridgehead atoms. The molecule has 2 aliphatic rings. The van der Waals surface area contributed by atoms with Crippen molar-refractivity contribution in [2.24, 2.45) is 16.7 Å². The van der Waals surface area contributed by atoms with Gasteiger partial charge in [-0.25, -0.2) is 0 Å². The van der Waals surface area contributed by atoms with E-state index in [1.165, 1.54) is 0 Å². The van der Waals surface area contributed by atoms with E-state index >= 15 is 0 Å². The van der Waals surface area contributed by atoms with Crippen molar-refractivity contribution < 1.29 is 9.59 Å². The molecule has 4 heteroatoms. The van der Waals surface area contributed by atoms with Gasteiger partial charge >= 0.3 is 0 Å². The summed E-state index contributed by atoms with van der Waals surface area (Å²) in [6, 6.07) is 0.669. The van der Waals surface area contributed by atoms with Crippen LogP contribution in [0.15, 0.2) is 0 Å². The highest BCUT2D eigenvalue weighted by Crippen LogP contribution is 2.44. The molecule has 2 fully saturated rings. The molecule has 0 aliphatic carbocycles. The molecule has 0 radical (unpaired) electrons. The van der Waals surface area contributed by atoms with Gasteiger partial charge in [0.05, 0.1) is 0 Å². The van der Waals surface area contributed by atoms with Crippen molar-refractivity contribution >= 4 is 11.8 Å². The summed E-state index contributed by atoms with van der Waals surface area (Å²) in [5, 5.41) is 0. The number of hydrogen-bond acceptors (Lipinski definition) is 2. The summed E-state index contributed by atoms with van der Waals surface area (Å²) < 4.78 is 0. The Bertz CT molecular complexity index is 507. The van der Waals surface area contributed by atoms with Gasteiger partial charge in [0.15, 0.2) is 0 Å². The lowest BCUT2D eigenvalue weighted by molar-refractivity contribution is -0.133. The molecule has 25 heavy (non-hydrogen) atoms. The molecule has 0 aromatic carbocycles. The fraction of sp³-hybridized carbons (Fsp3) is 0.905. The molecule has 3 unspecified atom stereocenters. The zero-order valence-electron chi connectivity index (χ0n) is 17.4. The molecule has 0 spiro atoms. The van der Waals surface area contributed by atoms with Crippen molar-refractivity contribution in [1.29, 1.82) is 0 Å². The van der Waals surface area contributed by atoms with Crippen LogP contribution < -0.4 is 0 Å². The third kappa shape index (κ3) is 4.38. The Balaban J connectivity index is 2.11. The normalized spacial score (nSPS) is 27.9. The lowest BCUT2D eigenvalue weighted by atomic mass is 9.74. The van der Waals surface area contributed by atoms with Crippen molar-refractivity contribution in [2.75, 3.05) is 13.1 Å². The van der Waals surface area contributed by atoms with Crippen LogP contribution in [0.4, 0.5) is 0 Å². The maximum absolute atomic E-state index is 12.5. The SMILES string of the molecule is CCC(=O)N1CC(CC(C)(C)C2CCCN2C(C)=O)CC1C(C)(C)C. The molecule has 2 heterocycles. The molecule has 2 aliphatic heterocycles. The Hall–Kier alpha value is -1.06. The zero-order chi connectivity index (χ0) is 19.0. The van der Waals surface area contributed by atoms with Crippen molar-refractivity contribution in [2.45, 2.75) is 92.7 Å². The van der Waals surface area contributed by atoms with E-state index in [0.717, 1.165) is 38.8 Å². The predicted octanol–water partition coefficient (Wildman–Crippen LogP) is 4.09. The number of hydrogen-bond donors (Lipinski definition) is 0. The standard InChI is InChI=1S/C21H38N2O2/c1-8-19(25)23-14-16(12-18(23)20(3,4)5)13-21(6,7)17-10-9-11-22(17)15(2)24/h16-18H,8-14H2,1-7H3. The van der Waals surface area contributed by atoms with Crippen LogP contribution in [0.3, 0.4) is 0 Å². The van der Waals surface area contributed by atoms with Gasteiger partial charge in [0, 0.05) is 38.5 Å². The highest BCUT2D eigenvalue weighted by atomic mass is 16.2. The molecule has 2 saturated heterocycles. The highest BCUT2D eigenvalue weighted by Gasteiger charge is 2.45. The Labute approximate surface area is 154 Å². The third-order valence-electron chi connectivity index (χ3n) is 6.38. The Morgan fingerprint density at radius 3 is 2.20 bits per heavy atom. The first-order chi connectivity index (χ1) is 11.5. The molecule has 3 atom stereocenters. The number of amides is 2. The van der Waals surface area contributed by atoms with E-state index in [2.05, 4.69) is 44.4 Å². The van der Waals surface area contributed by atoms with Gasteiger partial charge in [-0.2, -0.15) is 0 Å². The fourth-order valence-corrected chi connectivity index (χ4v) is 5.21. The molecule has 0 saturated carbocycles. The molecular weight excluding hydrogens is 312 g/mol. The molecule has 0 aromatic heterocycles. The minimum Gasteiger partial charge on any atom is -0.339 e. The lowest BCUT2D eigenvalue weighted by Crippen LogP contribution is -2.44. The van der Waals surface area contributed by atoms with Crippen LogP contribution in [0.25, 0.3) is 0 Å².